The number of rotatable bonds is 7. The van der Waals surface area contributed by atoms with Crippen molar-refractivity contribution in [2.45, 2.75) is 58.4 Å². The van der Waals surface area contributed by atoms with Gasteiger partial charge in [0.1, 0.15) is 9.84 Å². The number of nitrogens with zero attached hydrogens (tertiary/aromatic N) is 2. The van der Waals surface area contributed by atoms with Crippen LogP contribution in [0.5, 0.6) is 0 Å². The minimum Gasteiger partial charge on any atom is -0.356 e. The SMILES string of the molecule is CN=C(NCC(C)(C)CCS(C)(=O)=O)NC1CCN(C(=O)C2CCCC2)C1. The second-order valence-corrected chi connectivity index (χ2v) is 11.1. The number of aliphatic imine (C=N–C) groups is 1. The Labute approximate surface area is 164 Å². The number of guanidine groups is 1. The fourth-order valence-electron chi connectivity index (χ4n) is 3.77. The van der Waals surface area contributed by atoms with Crippen molar-refractivity contribution >= 4 is 21.7 Å². The van der Waals surface area contributed by atoms with Gasteiger partial charge in [0.15, 0.2) is 5.96 Å². The predicted molar refractivity (Wildman–Crippen MR) is 110 cm³/mol. The summed E-state index contributed by atoms with van der Waals surface area (Å²) in [7, 11) is -1.22. The minimum absolute atomic E-state index is 0.152. The third kappa shape index (κ3) is 7.31. The first-order valence-electron chi connectivity index (χ1n) is 10.0. The molecule has 2 fully saturated rings. The van der Waals surface area contributed by atoms with Gasteiger partial charge < -0.3 is 15.5 Å². The molecule has 0 radical (unpaired) electrons. The summed E-state index contributed by atoms with van der Waals surface area (Å²) in [5.74, 6) is 1.45. The Morgan fingerprint density at radius 3 is 2.48 bits per heavy atom. The quantitative estimate of drug-likeness (QED) is 0.498. The van der Waals surface area contributed by atoms with Gasteiger partial charge in [-0.3, -0.25) is 9.79 Å². The normalized spacial score (nSPS) is 22.3. The third-order valence-corrected chi connectivity index (χ3v) is 6.60. The predicted octanol–water partition coefficient (Wildman–Crippen LogP) is 1.40. The van der Waals surface area contributed by atoms with Gasteiger partial charge >= 0.3 is 0 Å². The summed E-state index contributed by atoms with van der Waals surface area (Å²) in [5.41, 5.74) is -0.152. The highest BCUT2D eigenvalue weighted by atomic mass is 32.2. The van der Waals surface area contributed by atoms with Crippen LogP contribution in [-0.2, 0) is 14.6 Å². The molecule has 0 bridgehead atoms. The number of sulfone groups is 1. The number of hydrogen-bond acceptors (Lipinski definition) is 4. The van der Waals surface area contributed by atoms with Crippen LogP contribution in [0, 0.1) is 11.3 Å². The second-order valence-electron chi connectivity index (χ2n) is 8.87. The van der Waals surface area contributed by atoms with Crippen LogP contribution in [0.3, 0.4) is 0 Å². The standard InChI is InChI=1S/C19H36N4O3S/c1-19(2,10-12-27(4,25)26)14-21-18(20-3)22-16-9-11-23(13-16)17(24)15-7-5-6-8-15/h15-16H,5-14H2,1-4H3,(H2,20,21,22). The zero-order valence-corrected chi connectivity index (χ0v) is 18.1. The van der Waals surface area contributed by atoms with Crippen LogP contribution < -0.4 is 10.6 Å². The number of amides is 1. The van der Waals surface area contributed by atoms with Crippen molar-refractivity contribution in [2.24, 2.45) is 16.3 Å². The average Bonchev–Trinajstić information content (AvgIpc) is 3.27. The Morgan fingerprint density at radius 2 is 1.89 bits per heavy atom. The molecular weight excluding hydrogens is 364 g/mol. The molecule has 1 saturated carbocycles. The Bertz CT molecular complexity index is 639. The van der Waals surface area contributed by atoms with Crippen LogP contribution in [0.2, 0.25) is 0 Å². The van der Waals surface area contributed by atoms with E-state index in [1.807, 2.05) is 4.90 Å². The zero-order chi connectivity index (χ0) is 20.1. The molecule has 1 amide bonds. The number of carbonyl (C=O) groups is 1. The first kappa shape index (κ1) is 22.0. The largest absolute Gasteiger partial charge is 0.356 e. The van der Waals surface area contributed by atoms with Crippen molar-refractivity contribution in [3.63, 3.8) is 0 Å². The first-order chi connectivity index (χ1) is 12.6. The highest BCUT2D eigenvalue weighted by molar-refractivity contribution is 7.90. The molecule has 2 N–H and O–H groups in total. The van der Waals surface area contributed by atoms with Gasteiger partial charge in [-0.1, -0.05) is 26.7 Å². The molecule has 2 rings (SSSR count). The van der Waals surface area contributed by atoms with E-state index in [0.29, 0.717) is 24.8 Å². The molecule has 7 nitrogen and oxygen atoms in total. The molecule has 1 atom stereocenters. The van der Waals surface area contributed by atoms with E-state index in [4.69, 9.17) is 0 Å². The van der Waals surface area contributed by atoms with Crippen LogP contribution in [0.4, 0.5) is 0 Å². The van der Waals surface area contributed by atoms with Gasteiger partial charge in [0.25, 0.3) is 0 Å². The lowest BCUT2D eigenvalue weighted by atomic mass is 9.90. The Balaban J connectivity index is 1.77. The van der Waals surface area contributed by atoms with Crippen molar-refractivity contribution in [3.05, 3.63) is 0 Å². The number of nitrogens with one attached hydrogen (secondary N) is 2. The highest BCUT2D eigenvalue weighted by Gasteiger charge is 2.32. The molecule has 1 aliphatic heterocycles. The van der Waals surface area contributed by atoms with Gasteiger partial charge in [-0.15, -0.1) is 0 Å². The molecule has 1 unspecified atom stereocenters. The van der Waals surface area contributed by atoms with E-state index in [2.05, 4.69) is 29.5 Å². The number of hydrogen-bond donors (Lipinski definition) is 2. The van der Waals surface area contributed by atoms with E-state index in [0.717, 1.165) is 32.4 Å². The lowest BCUT2D eigenvalue weighted by Gasteiger charge is -2.27. The summed E-state index contributed by atoms with van der Waals surface area (Å²) in [6.07, 6.45) is 7.24. The molecule has 8 heteroatoms. The van der Waals surface area contributed by atoms with Crippen LogP contribution in [0.25, 0.3) is 0 Å². The summed E-state index contributed by atoms with van der Waals surface area (Å²) in [4.78, 5) is 18.8. The van der Waals surface area contributed by atoms with Gasteiger partial charge in [0.05, 0.1) is 5.75 Å². The smallest absolute Gasteiger partial charge is 0.225 e. The maximum Gasteiger partial charge on any atom is 0.225 e. The summed E-state index contributed by atoms with van der Waals surface area (Å²) in [6, 6.07) is 0.209. The van der Waals surface area contributed by atoms with Crippen molar-refractivity contribution in [2.75, 3.05) is 38.7 Å². The Hall–Kier alpha value is -1.31. The van der Waals surface area contributed by atoms with Crippen molar-refractivity contribution in [3.8, 4) is 0 Å². The van der Waals surface area contributed by atoms with Crippen molar-refractivity contribution in [1.29, 1.82) is 0 Å². The van der Waals surface area contributed by atoms with Gasteiger partial charge in [0.2, 0.25) is 5.91 Å². The number of likely N-dealkylation sites (tertiary alicyclic amines) is 1. The Kier molecular flexibility index (Phi) is 7.54. The average molecular weight is 401 g/mol. The zero-order valence-electron chi connectivity index (χ0n) is 17.3. The second kappa shape index (κ2) is 9.26. The third-order valence-electron chi connectivity index (χ3n) is 5.65. The highest BCUT2D eigenvalue weighted by Crippen LogP contribution is 2.27. The maximum atomic E-state index is 12.6. The molecule has 2 aliphatic rings. The van der Waals surface area contributed by atoms with Crippen LogP contribution in [0.15, 0.2) is 4.99 Å². The van der Waals surface area contributed by atoms with Crippen LogP contribution >= 0.6 is 0 Å². The molecule has 1 heterocycles. The monoisotopic (exact) mass is 400 g/mol. The summed E-state index contributed by atoms with van der Waals surface area (Å²) in [6.45, 7) is 6.28. The molecule has 156 valence electrons. The van der Waals surface area contributed by atoms with E-state index >= 15 is 0 Å². The summed E-state index contributed by atoms with van der Waals surface area (Å²) < 4.78 is 22.8. The van der Waals surface area contributed by atoms with E-state index < -0.39 is 9.84 Å². The molecule has 27 heavy (non-hydrogen) atoms. The van der Waals surface area contributed by atoms with Crippen molar-refractivity contribution < 1.29 is 13.2 Å². The molecule has 0 aromatic carbocycles. The van der Waals surface area contributed by atoms with E-state index in [-0.39, 0.29) is 23.1 Å². The van der Waals surface area contributed by atoms with Crippen molar-refractivity contribution in [1.82, 2.24) is 15.5 Å². The minimum atomic E-state index is -2.95. The molecule has 0 spiro atoms. The Morgan fingerprint density at radius 1 is 1.22 bits per heavy atom. The maximum absolute atomic E-state index is 12.6. The molecular formula is C19H36N4O3S. The van der Waals surface area contributed by atoms with E-state index in [1.165, 1.54) is 19.1 Å². The molecule has 0 aromatic rings. The fourth-order valence-corrected chi connectivity index (χ4v) is 4.69. The van der Waals surface area contributed by atoms with Gasteiger partial charge in [0, 0.05) is 44.9 Å². The summed E-state index contributed by atoms with van der Waals surface area (Å²) >= 11 is 0. The summed E-state index contributed by atoms with van der Waals surface area (Å²) in [5, 5.41) is 6.73. The van der Waals surface area contributed by atoms with Crippen LogP contribution in [0.1, 0.15) is 52.4 Å². The number of carbonyl (C=O) groups excluding carboxylic acids is 1. The fraction of sp³-hybridized carbons (Fsp3) is 0.895. The first-order valence-corrected chi connectivity index (χ1v) is 12.1. The lowest BCUT2D eigenvalue weighted by molar-refractivity contribution is -0.134. The molecule has 1 aliphatic carbocycles. The lowest BCUT2D eigenvalue weighted by Crippen LogP contribution is -2.47. The van der Waals surface area contributed by atoms with Crippen LogP contribution in [-0.4, -0.2) is 69.9 Å². The molecule has 0 aromatic heterocycles. The van der Waals surface area contributed by atoms with E-state index in [1.54, 1.807) is 7.05 Å². The van der Waals surface area contributed by atoms with E-state index in [9.17, 15) is 13.2 Å². The van der Waals surface area contributed by atoms with Gasteiger partial charge in [-0.05, 0) is 31.1 Å². The molecule has 1 saturated heterocycles. The van der Waals surface area contributed by atoms with Gasteiger partial charge in [-0.25, -0.2) is 8.42 Å². The van der Waals surface area contributed by atoms with Gasteiger partial charge in [-0.2, -0.15) is 0 Å². The topological polar surface area (TPSA) is 90.9 Å².